The third-order valence-electron chi connectivity index (χ3n) is 5.18. The summed E-state index contributed by atoms with van der Waals surface area (Å²) in [7, 11) is 3.68. The number of thiazole rings is 1. The number of benzene rings is 2. The van der Waals surface area contributed by atoms with Crippen molar-refractivity contribution in [3.8, 4) is 10.6 Å². The van der Waals surface area contributed by atoms with E-state index in [-0.39, 0.29) is 5.91 Å². The van der Waals surface area contributed by atoms with Gasteiger partial charge in [-0.2, -0.15) is 0 Å². The molecule has 0 aliphatic carbocycles. The lowest BCUT2D eigenvalue weighted by Gasteiger charge is -2.22. The maximum atomic E-state index is 13.2. The highest BCUT2D eigenvalue weighted by atomic mass is 32.1. The molecule has 2 aromatic carbocycles. The first kappa shape index (κ1) is 27.7. The van der Waals surface area contributed by atoms with E-state index in [9.17, 15) is 14.4 Å². The molecule has 0 aliphatic heterocycles. The molecule has 196 valence electrons. The average molecular weight is 524 g/mol. The zero-order chi connectivity index (χ0) is 27.2. The molecule has 0 saturated heterocycles. The normalized spacial score (nSPS) is 11.8. The topological polar surface area (TPSA) is 113 Å². The Morgan fingerprint density at radius 2 is 1.86 bits per heavy atom. The van der Waals surface area contributed by atoms with Gasteiger partial charge in [-0.15, -0.1) is 11.3 Å². The third kappa shape index (κ3) is 8.04. The molecular formula is C27H33N5O4S. The molecule has 10 heteroatoms. The van der Waals surface area contributed by atoms with Crippen molar-refractivity contribution in [2.45, 2.75) is 45.9 Å². The quantitative estimate of drug-likeness (QED) is 0.396. The van der Waals surface area contributed by atoms with E-state index in [2.05, 4.69) is 20.9 Å². The van der Waals surface area contributed by atoms with Gasteiger partial charge in [0.25, 0.3) is 5.91 Å². The van der Waals surface area contributed by atoms with Gasteiger partial charge in [-0.05, 0) is 57.5 Å². The van der Waals surface area contributed by atoms with Gasteiger partial charge in [0.15, 0.2) is 0 Å². The fourth-order valence-corrected chi connectivity index (χ4v) is 4.08. The van der Waals surface area contributed by atoms with E-state index in [1.807, 2.05) is 48.6 Å². The van der Waals surface area contributed by atoms with Crippen molar-refractivity contribution < 1.29 is 19.1 Å². The molecule has 0 fully saturated rings. The fraction of sp³-hybridized carbons (Fsp3) is 0.333. The largest absolute Gasteiger partial charge is 0.444 e. The highest BCUT2D eigenvalue weighted by Crippen LogP contribution is 2.25. The van der Waals surface area contributed by atoms with Crippen LogP contribution in [0.2, 0.25) is 0 Å². The van der Waals surface area contributed by atoms with Crippen molar-refractivity contribution in [1.29, 1.82) is 0 Å². The number of carbonyl (C=O) groups excluding carboxylic acids is 3. The van der Waals surface area contributed by atoms with Gasteiger partial charge in [-0.1, -0.05) is 18.2 Å². The second-order valence-electron chi connectivity index (χ2n) is 9.70. The van der Waals surface area contributed by atoms with E-state index in [0.29, 0.717) is 23.5 Å². The Morgan fingerprint density at radius 3 is 2.51 bits per heavy atom. The molecule has 0 saturated carbocycles. The van der Waals surface area contributed by atoms with Crippen LogP contribution >= 0.6 is 11.3 Å². The molecule has 3 amide bonds. The number of nitrogens with one attached hydrogen (secondary N) is 3. The molecule has 37 heavy (non-hydrogen) atoms. The molecule has 3 rings (SSSR count). The van der Waals surface area contributed by atoms with Crippen LogP contribution in [0.25, 0.3) is 10.6 Å². The maximum Gasteiger partial charge on any atom is 0.408 e. The average Bonchev–Trinajstić information content (AvgIpc) is 3.36. The van der Waals surface area contributed by atoms with E-state index < -0.39 is 23.6 Å². The van der Waals surface area contributed by atoms with Gasteiger partial charge in [0.2, 0.25) is 5.91 Å². The zero-order valence-corrected chi connectivity index (χ0v) is 22.7. The van der Waals surface area contributed by atoms with Gasteiger partial charge in [0, 0.05) is 49.2 Å². The molecule has 1 aromatic heterocycles. The van der Waals surface area contributed by atoms with Crippen LogP contribution < -0.4 is 20.9 Å². The predicted molar refractivity (Wildman–Crippen MR) is 147 cm³/mol. The van der Waals surface area contributed by atoms with Crippen LogP contribution in [0, 0.1) is 0 Å². The second kappa shape index (κ2) is 11.9. The standard InChI is InChI=1S/C27H33N5O4S/c1-17(30-26(35)36-27(2,3)4)23(33)31-20-10-11-22(32(5)6)21(15-20)24(34)29-16-18-8-7-9-19(14-18)25-28-12-13-37-25/h7-15,17H,16H2,1-6H3,(H,29,34)(H,30,35)(H,31,33). The van der Waals surface area contributed by atoms with Crippen molar-refractivity contribution in [1.82, 2.24) is 15.6 Å². The lowest BCUT2D eigenvalue weighted by atomic mass is 10.1. The number of carbonyl (C=O) groups is 3. The van der Waals surface area contributed by atoms with Crippen molar-refractivity contribution in [3.63, 3.8) is 0 Å². The van der Waals surface area contributed by atoms with Crippen LogP contribution in [-0.4, -0.2) is 48.6 Å². The highest BCUT2D eigenvalue weighted by Gasteiger charge is 2.22. The lowest BCUT2D eigenvalue weighted by Crippen LogP contribution is -2.44. The maximum absolute atomic E-state index is 13.2. The number of nitrogens with zero attached hydrogens (tertiary/aromatic N) is 2. The number of hydrogen-bond acceptors (Lipinski definition) is 7. The lowest BCUT2D eigenvalue weighted by molar-refractivity contribution is -0.117. The fourth-order valence-electron chi connectivity index (χ4n) is 3.44. The number of rotatable bonds is 8. The summed E-state index contributed by atoms with van der Waals surface area (Å²) in [6.45, 7) is 7.12. The number of amides is 3. The van der Waals surface area contributed by atoms with Crippen LogP contribution in [0.3, 0.4) is 0 Å². The number of hydrogen-bond donors (Lipinski definition) is 3. The van der Waals surface area contributed by atoms with Gasteiger partial charge in [0.05, 0.1) is 5.56 Å². The summed E-state index contributed by atoms with van der Waals surface area (Å²) in [4.78, 5) is 44.0. The first-order chi connectivity index (χ1) is 17.4. The van der Waals surface area contributed by atoms with Crippen LogP contribution in [0.4, 0.5) is 16.2 Å². The van der Waals surface area contributed by atoms with E-state index >= 15 is 0 Å². The number of ether oxygens (including phenoxy) is 1. The third-order valence-corrected chi connectivity index (χ3v) is 6.00. The second-order valence-corrected chi connectivity index (χ2v) is 10.6. The summed E-state index contributed by atoms with van der Waals surface area (Å²) in [6.07, 6.45) is 1.08. The molecule has 0 bridgehead atoms. The van der Waals surface area contributed by atoms with Crippen molar-refractivity contribution in [2.75, 3.05) is 24.3 Å². The van der Waals surface area contributed by atoms with E-state index in [0.717, 1.165) is 16.1 Å². The van der Waals surface area contributed by atoms with E-state index in [4.69, 9.17) is 4.74 Å². The van der Waals surface area contributed by atoms with Crippen molar-refractivity contribution in [2.24, 2.45) is 0 Å². The molecule has 0 spiro atoms. The van der Waals surface area contributed by atoms with E-state index in [1.165, 1.54) is 0 Å². The monoisotopic (exact) mass is 523 g/mol. The molecule has 3 N–H and O–H groups in total. The predicted octanol–water partition coefficient (Wildman–Crippen LogP) is 4.66. The summed E-state index contributed by atoms with van der Waals surface area (Å²) in [5, 5.41) is 11.1. The molecule has 1 atom stereocenters. The summed E-state index contributed by atoms with van der Waals surface area (Å²) in [5.74, 6) is -0.715. The van der Waals surface area contributed by atoms with Gasteiger partial charge < -0.3 is 25.6 Å². The van der Waals surface area contributed by atoms with Gasteiger partial charge >= 0.3 is 6.09 Å². The van der Waals surface area contributed by atoms with Crippen molar-refractivity contribution in [3.05, 3.63) is 65.2 Å². The Balaban J connectivity index is 1.69. The first-order valence-corrected chi connectivity index (χ1v) is 12.7. The summed E-state index contributed by atoms with van der Waals surface area (Å²) in [6, 6.07) is 12.1. The van der Waals surface area contributed by atoms with Crippen LogP contribution in [0.15, 0.2) is 54.0 Å². The molecule has 0 radical (unpaired) electrons. The van der Waals surface area contributed by atoms with Crippen LogP contribution in [0.1, 0.15) is 43.6 Å². The zero-order valence-electron chi connectivity index (χ0n) is 21.9. The molecule has 0 aliphatic rings. The molecule has 1 unspecified atom stereocenters. The Kier molecular flexibility index (Phi) is 8.88. The molecule has 1 heterocycles. The number of anilines is 2. The van der Waals surface area contributed by atoms with Crippen LogP contribution in [0.5, 0.6) is 0 Å². The van der Waals surface area contributed by atoms with Crippen molar-refractivity contribution >= 4 is 40.6 Å². The van der Waals surface area contributed by atoms with Gasteiger partial charge in [-0.3, -0.25) is 9.59 Å². The minimum atomic E-state index is -0.842. The highest BCUT2D eigenvalue weighted by molar-refractivity contribution is 7.13. The van der Waals surface area contributed by atoms with E-state index in [1.54, 1.807) is 63.4 Å². The molecule has 3 aromatic rings. The van der Waals surface area contributed by atoms with Gasteiger partial charge in [0.1, 0.15) is 16.7 Å². The Labute approximate surface area is 221 Å². The summed E-state index contributed by atoms with van der Waals surface area (Å²) in [5.41, 5.74) is 2.81. The SMILES string of the molecule is CC(NC(=O)OC(C)(C)C)C(=O)Nc1ccc(N(C)C)c(C(=O)NCc2cccc(-c3nccs3)c2)c1. The smallest absolute Gasteiger partial charge is 0.408 e. The first-order valence-electron chi connectivity index (χ1n) is 11.8. The minimum absolute atomic E-state index is 0.278. The number of alkyl carbamates (subject to hydrolysis) is 1. The Morgan fingerprint density at radius 1 is 1.11 bits per heavy atom. The summed E-state index contributed by atoms with van der Waals surface area (Å²) < 4.78 is 5.20. The minimum Gasteiger partial charge on any atom is -0.444 e. The van der Waals surface area contributed by atoms with Gasteiger partial charge in [-0.25, -0.2) is 9.78 Å². The summed E-state index contributed by atoms with van der Waals surface area (Å²) >= 11 is 1.56. The number of aromatic nitrogens is 1. The Hall–Kier alpha value is -3.92. The van der Waals surface area contributed by atoms with Crippen LogP contribution in [-0.2, 0) is 16.1 Å². The molecular weight excluding hydrogens is 490 g/mol. The Bertz CT molecular complexity index is 1250. The molecule has 9 nitrogen and oxygen atoms in total.